The van der Waals surface area contributed by atoms with E-state index in [0.29, 0.717) is 5.69 Å². The smallest absolute Gasteiger partial charge is 0.411 e. The molecule has 2 aliphatic rings. The molecule has 0 radical (unpaired) electrons. The molecule has 8 nitrogen and oxygen atoms in total. The largest absolute Gasteiger partial charge is 0.480 e. The Labute approximate surface area is 202 Å². The number of hydrogen-bond acceptors (Lipinski definition) is 5. The number of anilines is 1. The van der Waals surface area contributed by atoms with Gasteiger partial charge in [0.05, 0.1) is 11.9 Å². The lowest BCUT2D eigenvalue weighted by Crippen LogP contribution is -2.54. The maximum absolute atomic E-state index is 12.5. The Kier molecular flexibility index (Phi) is 5.72. The summed E-state index contributed by atoms with van der Waals surface area (Å²) in [5.41, 5.74) is 3.65. The molecule has 1 fully saturated rings. The quantitative estimate of drug-likeness (QED) is 0.469. The maximum atomic E-state index is 12.5. The molecule has 3 N–H and O–H groups in total. The lowest BCUT2D eigenvalue weighted by Gasteiger charge is -2.25. The van der Waals surface area contributed by atoms with Crippen LogP contribution in [-0.4, -0.2) is 40.2 Å². The van der Waals surface area contributed by atoms with Crippen molar-refractivity contribution in [1.82, 2.24) is 10.3 Å². The molecule has 5 rings (SSSR count). The predicted octanol–water partition coefficient (Wildman–Crippen LogP) is 4.43. The van der Waals surface area contributed by atoms with E-state index in [0.717, 1.165) is 35.1 Å². The monoisotopic (exact) mass is 471 g/mol. The van der Waals surface area contributed by atoms with E-state index < -0.39 is 23.5 Å². The SMILES string of the molecule is CC(NC(=O)c1ccc(NC(=O)OCC2c3ccccc3-c3ccccc32)cn1)(C(=O)O)C1CC1. The molecule has 1 unspecified atom stereocenters. The van der Waals surface area contributed by atoms with Crippen LogP contribution in [0.15, 0.2) is 66.9 Å². The summed E-state index contributed by atoms with van der Waals surface area (Å²) in [6, 6.07) is 19.1. The second-order valence-corrected chi connectivity index (χ2v) is 9.12. The van der Waals surface area contributed by atoms with Crippen molar-refractivity contribution in [2.75, 3.05) is 11.9 Å². The minimum absolute atomic E-state index is 0.0487. The number of hydrogen-bond donors (Lipinski definition) is 3. The van der Waals surface area contributed by atoms with Crippen molar-refractivity contribution in [1.29, 1.82) is 0 Å². The fourth-order valence-electron chi connectivity index (χ4n) is 4.65. The van der Waals surface area contributed by atoms with Gasteiger partial charge in [-0.25, -0.2) is 14.6 Å². The van der Waals surface area contributed by atoms with Crippen LogP contribution in [0.3, 0.4) is 0 Å². The fourth-order valence-corrected chi connectivity index (χ4v) is 4.65. The third kappa shape index (κ3) is 4.35. The summed E-state index contributed by atoms with van der Waals surface area (Å²) in [4.78, 5) is 40.7. The van der Waals surface area contributed by atoms with Crippen molar-refractivity contribution in [2.24, 2.45) is 5.92 Å². The lowest BCUT2D eigenvalue weighted by molar-refractivity contribution is -0.144. The van der Waals surface area contributed by atoms with E-state index in [1.165, 1.54) is 25.3 Å². The van der Waals surface area contributed by atoms with Crippen molar-refractivity contribution in [3.63, 3.8) is 0 Å². The summed E-state index contributed by atoms with van der Waals surface area (Å²) in [6.07, 6.45) is 2.24. The molecule has 8 heteroatoms. The summed E-state index contributed by atoms with van der Waals surface area (Å²) < 4.78 is 5.52. The number of nitrogens with zero attached hydrogens (tertiary/aromatic N) is 1. The number of carboxylic acid groups (broad SMARTS) is 1. The van der Waals surface area contributed by atoms with Crippen LogP contribution in [0, 0.1) is 5.92 Å². The Balaban J connectivity index is 1.20. The van der Waals surface area contributed by atoms with Gasteiger partial charge >= 0.3 is 12.1 Å². The maximum Gasteiger partial charge on any atom is 0.411 e. The number of aromatic nitrogens is 1. The molecule has 0 spiro atoms. The number of aliphatic carboxylic acids is 1. The van der Waals surface area contributed by atoms with Crippen LogP contribution in [0.1, 0.15) is 47.3 Å². The normalized spacial score (nSPS) is 15.9. The number of fused-ring (bicyclic) bond motifs is 3. The van der Waals surface area contributed by atoms with Crippen LogP contribution < -0.4 is 10.6 Å². The van der Waals surface area contributed by atoms with E-state index in [1.807, 2.05) is 36.4 Å². The standard InChI is InChI=1S/C27H25N3O5/c1-27(25(32)33,16-10-11-16)30-24(31)23-13-12-17(14-28-23)29-26(34)35-15-22-20-8-4-2-6-18(20)19-7-3-5-9-21(19)22/h2-9,12-14,16,22H,10-11,15H2,1H3,(H,29,34)(H,30,31)(H,32,33). The Morgan fingerprint density at radius 2 is 1.63 bits per heavy atom. The number of carboxylic acids is 1. The molecule has 2 amide bonds. The highest BCUT2D eigenvalue weighted by Gasteiger charge is 2.48. The number of benzene rings is 2. The van der Waals surface area contributed by atoms with Gasteiger partial charge < -0.3 is 15.2 Å². The zero-order chi connectivity index (χ0) is 24.6. The summed E-state index contributed by atoms with van der Waals surface area (Å²) in [5, 5.41) is 14.7. The van der Waals surface area contributed by atoms with Crippen LogP contribution in [0.4, 0.5) is 10.5 Å². The van der Waals surface area contributed by atoms with Gasteiger partial charge in [-0.1, -0.05) is 48.5 Å². The van der Waals surface area contributed by atoms with Crippen molar-refractivity contribution >= 4 is 23.7 Å². The van der Waals surface area contributed by atoms with Gasteiger partial charge in [-0.15, -0.1) is 0 Å². The third-order valence-corrected chi connectivity index (χ3v) is 6.80. The molecular formula is C27H25N3O5. The molecule has 2 aliphatic carbocycles. The van der Waals surface area contributed by atoms with E-state index in [1.54, 1.807) is 0 Å². The van der Waals surface area contributed by atoms with Gasteiger partial charge in [-0.05, 0) is 60.1 Å². The number of nitrogens with one attached hydrogen (secondary N) is 2. The highest BCUT2D eigenvalue weighted by atomic mass is 16.5. The van der Waals surface area contributed by atoms with E-state index in [2.05, 4.69) is 27.8 Å². The summed E-state index contributed by atoms with van der Waals surface area (Å²) >= 11 is 0. The zero-order valence-electron chi connectivity index (χ0n) is 19.2. The molecule has 178 valence electrons. The van der Waals surface area contributed by atoms with Crippen LogP contribution in [0.5, 0.6) is 0 Å². The first-order chi connectivity index (χ1) is 16.9. The lowest BCUT2D eigenvalue weighted by atomic mass is 9.96. The molecule has 1 aromatic heterocycles. The summed E-state index contributed by atoms with van der Waals surface area (Å²) in [7, 11) is 0. The minimum Gasteiger partial charge on any atom is -0.480 e. The first kappa shape index (κ1) is 22.6. The topological polar surface area (TPSA) is 118 Å². The summed E-state index contributed by atoms with van der Waals surface area (Å²) in [5.74, 6) is -1.78. The van der Waals surface area contributed by atoms with Crippen molar-refractivity contribution in [3.8, 4) is 11.1 Å². The van der Waals surface area contributed by atoms with Gasteiger partial charge in [-0.2, -0.15) is 0 Å². The molecule has 3 aromatic rings. The van der Waals surface area contributed by atoms with E-state index in [4.69, 9.17) is 4.74 Å². The van der Waals surface area contributed by atoms with Crippen LogP contribution >= 0.6 is 0 Å². The number of rotatable bonds is 7. The number of pyridine rings is 1. The van der Waals surface area contributed by atoms with Crippen molar-refractivity contribution in [2.45, 2.75) is 31.2 Å². The van der Waals surface area contributed by atoms with Gasteiger partial charge in [0.25, 0.3) is 5.91 Å². The van der Waals surface area contributed by atoms with E-state index in [9.17, 15) is 19.5 Å². The zero-order valence-corrected chi connectivity index (χ0v) is 19.2. The van der Waals surface area contributed by atoms with E-state index >= 15 is 0 Å². The molecule has 1 atom stereocenters. The Morgan fingerprint density at radius 1 is 1.00 bits per heavy atom. The number of carbonyl (C=O) groups excluding carboxylic acids is 2. The molecule has 0 bridgehead atoms. The number of carbonyl (C=O) groups is 3. The molecular weight excluding hydrogens is 446 g/mol. The molecule has 1 saturated carbocycles. The second-order valence-electron chi connectivity index (χ2n) is 9.12. The highest BCUT2D eigenvalue weighted by molar-refractivity contribution is 5.97. The van der Waals surface area contributed by atoms with Gasteiger partial charge in [0.15, 0.2) is 0 Å². The molecule has 35 heavy (non-hydrogen) atoms. The average Bonchev–Trinajstić information content (AvgIpc) is 3.67. The first-order valence-corrected chi connectivity index (χ1v) is 11.5. The Hall–Kier alpha value is -4.20. The van der Waals surface area contributed by atoms with Gasteiger partial charge in [-0.3, -0.25) is 10.1 Å². The minimum atomic E-state index is -1.32. The van der Waals surface area contributed by atoms with Crippen LogP contribution in [-0.2, 0) is 9.53 Å². The van der Waals surface area contributed by atoms with Gasteiger partial charge in [0.2, 0.25) is 0 Å². The third-order valence-electron chi connectivity index (χ3n) is 6.80. The van der Waals surface area contributed by atoms with Gasteiger partial charge in [0.1, 0.15) is 17.8 Å². The second kappa shape index (κ2) is 8.87. The number of ether oxygens (including phenoxy) is 1. The first-order valence-electron chi connectivity index (χ1n) is 11.5. The molecule has 2 aromatic carbocycles. The Morgan fingerprint density at radius 3 is 2.17 bits per heavy atom. The Bertz CT molecular complexity index is 1260. The average molecular weight is 472 g/mol. The highest BCUT2D eigenvalue weighted by Crippen LogP contribution is 2.44. The van der Waals surface area contributed by atoms with Crippen molar-refractivity contribution < 1.29 is 24.2 Å². The van der Waals surface area contributed by atoms with E-state index in [-0.39, 0.29) is 24.1 Å². The van der Waals surface area contributed by atoms with Gasteiger partial charge in [0, 0.05) is 5.92 Å². The van der Waals surface area contributed by atoms with Crippen LogP contribution in [0.2, 0.25) is 0 Å². The number of amides is 2. The fraction of sp³-hybridized carbons (Fsp3) is 0.259. The molecule has 1 heterocycles. The predicted molar refractivity (Wildman–Crippen MR) is 129 cm³/mol. The summed E-state index contributed by atoms with van der Waals surface area (Å²) in [6.45, 7) is 1.70. The molecule has 0 saturated heterocycles. The van der Waals surface area contributed by atoms with Crippen molar-refractivity contribution in [3.05, 3.63) is 83.7 Å². The van der Waals surface area contributed by atoms with Crippen LogP contribution in [0.25, 0.3) is 11.1 Å². The molecule has 0 aliphatic heterocycles.